The lowest BCUT2D eigenvalue weighted by molar-refractivity contribution is -0.383. The number of aliphatic hydroxyl groups excluding tert-OH is 28. The zero-order chi connectivity index (χ0) is 93.2. The molecule has 9 fully saturated rings. The highest BCUT2D eigenvalue weighted by atomic mass is 16.8. The SMILES string of the molecule is CC(=O)N[C@H]1[C@H](OC[C@H]2O[C@@H](O[C@H]3[C@H](O)[C@@H](NC(C)=O)[C@H](OC[C@H]4O[C@@H](O[C@@H]([C@H](O)[C@@H](O)CO)[C@H](O)CO)[C@H](O)[C@@H](O[C@@H]5O[C@H](CO)[C@@H](O[C@@H]6O[C@H](CO)[C@H](O)[C@H](O)[C@H]6O)[C@H](O)[C@H]5NC(C)=O)[C@H]4O)O[C@@H]3CO)[C@H](O)[C@@H](O[C@@H]3O[C@H](CO)[C@@H](O[C@@H]4O[C@H](CO)[C@H](O)[C@H](O)[C@H]4NC(C)=O)[C@H](O)[C@H]3NC(C)=O)[C@H]2O)O[C@H](CO)[C@@H](O[C@@H]2O[C@H](CO)[C@H](O)[C@H](O)[C@H]2O)[C@@H]1O. The highest BCUT2D eigenvalue weighted by Gasteiger charge is 2.61. The minimum Gasteiger partial charge on any atom is -0.394 e. The van der Waals surface area contributed by atoms with Gasteiger partial charge in [0.05, 0.1) is 72.7 Å². The molecule has 0 saturated carbocycles. The maximum absolute atomic E-state index is 13.3. The molecule has 56 heteroatoms. The van der Waals surface area contributed by atoms with Crippen molar-refractivity contribution in [2.75, 3.05) is 72.7 Å². The molecule has 56 nitrogen and oxygen atoms in total. The summed E-state index contributed by atoms with van der Waals surface area (Å²) in [6, 6.07) is -9.52. The molecule has 730 valence electrons. The van der Waals surface area contributed by atoms with Crippen LogP contribution in [0.3, 0.4) is 0 Å². The fourth-order valence-electron chi connectivity index (χ4n) is 15.9. The molecule has 9 rings (SSSR count). The Morgan fingerprint density at radius 1 is 0.254 bits per heavy atom. The maximum Gasteiger partial charge on any atom is 0.217 e. The second-order valence-corrected chi connectivity index (χ2v) is 31.5. The van der Waals surface area contributed by atoms with Crippen molar-refractivity contribution in [2.24, 2.45) is 0 Å². The Kier molecular flexibility index (Phi) is 39.2. The van der Waals surface area contributed by atoms with Gasteiger partial charge in [-0.1, -0.05) is 0 Å². The van der Waals surface area contributed by atoms with E-state index in [1.165, 1.54) is 0 Å². The largest absolute Gasteiger partial charge is 0.394 e. The molecule has 0 unspecified atom stereocenters. The Morgan fingerprint density at radius 2 is 0.492 bits per heavy atom. The molecule has 9 aliphatic heterocycles. The van der Waals surface area contributed by atoms with Gasteiger partial charge in [0.1, 0.15) is 244 Å². The van der Waals surface area contributed by atoms with Crippen LogP contribution in [0.4, 0.5) is 0 Å². The molecule has 9 aliphatic rings. The van der Waals surface area contributed by atoms with E-state index in [1.54, 1.807) is 0 Å². The third-order valence-electron chi connectivity index (χ3n) is 22.5. The summed E-state index contributed by atoms with van der Waals surface area (Å²) in [7, 11) is 0. The molecule has 33 N–H and O–H groups in total. The van der Waals surface area contributed by atoms with Gasteiger partial charge in [-0.05, 0) is 0 Å². The fourth-order valence-corrected chi connectivity index (χ4v) is 15.9. The summed E-state index contributed by atoms with van der Waals surface area (Å²) in [5.41, 5.74) is 0. The van der Waals surface area contributed by atoms with Crippen LogP contribution in [0.15, 0.2) is 0 Å². The summed E-state index contributed by atoms with van der Waals surface area (Å²) in [4.78, 5) is 64.7. The zero-order valence-electron chi connectivity index (χ0n) is 68.0. The molecule has 0 bridgehead atoms. The van der Waals surface area contributed by atoms with Crippen molar-refractivity contribution in [3.63, 3.8) is 0 Å². The number of amides is 5. The molecule has 0 aliphatic carbocycles. The van der Waals surface area contributed by atoms with E-state index < -0.39 is 403 Å². The maximum atomic E-state index is 13.3. The van der Waals surface area contributed by atoms with Crippen molar-refractivity contribution in [3.05, 3.63) is 0 Å². The lowest BCUT2D eigenvalue weighted by Gasteiger charge is -2.51. The van der Waals surface area contributed by atoms with Crippen LogP contribution in [0.1, 0.15) is 34.6 Å². The Balaban J connectivity index is 1.03. The van der Waals surface area contributed by atoms with Gasteiger partial charge in [-0.25, -0.2) is 0 Å². The van der Waals surface area contributed by atoms with Crippen molar-refractivity contribution in [1.82, 2.24) is 26.6 Å². The summed E-state index contributed by atoms with van der Waals surface area (Å²) in [5, 5.41) is 321. The van der Waals surface area contributed by atoms with Crippen LogP contribution in [0.25, 0.3) is 0 Å². The first-order chi connectivity index (χ1) is 59.6. The molecule has 126 heavy (non-hydrogen) atoms. The first kappa shape index (κ1) is 105. The Labute approximate surface area is 714 Å². The van der Waals surface area contributed by atoms with Crippen LogP contribution < -0.4 is 26.6 Å². The predicted octanol–water partition coefficient (Wildman–Crippen LogP) is -22.4. The van der Waals surface area contributed by atoms with E-state index in [2.05, 4.69) is 26.6 Å². The number of aliphatic hydroxyl groups is 28. The first-order valence-corrected chi connectivity index (χ1v) is 40.0. The number of carbonyl (C=O) groups excluding carboxylic acids is 5. The third kappa shape index (κ3) is 24.2. The topological polar surface area (TPSA) is 878 Å². The minimum absolute atomic E-state index is 0.826. The Hall–Kier alpha value is -4.49. The van der Waals surface area contributed by atoms with Crippen LogP contribution in [-0.2, 0) is 109 Å². The average molecular weight is 1850 g/mol. The highest BCUT2D eigenvalue weighted by molar-refractivity contribution is 5.75. The molecule has 9 heterocycles. The third-order valence-corrected chi connectivity index (χ3v) is 22.5. The fraction of sp³-hybridized carbons (Fsp3) is 0.929. The number of rotatable bonds is 37. The van der Waals surface area contributed by atoms with Gasteiger partial charge in [-0.15, -0.1) is 0 Å². The van der Waals surface area contributed by atoms with Crippen molar-refractivity contribution < 1.29 is 252 Å². The highest BCUT2D eigenvalue weighted by Crippen LogP contribution is 2.40. The van der Waals surface area contributed by atoms with E-state index in [0.717, 1.165) is 34.6 Å². The standard InChI is InChI=1S/C70H119N5O51/c1-17(85)71-33-44(98)39(93)24(8-78)111-64(33)121-56-29(13-83)116-65(36(47(56)101)74-20(4)88)126-61-43(97)32(16-110-62-34(72-18(2)86)45(99)57(27(11-81)114-62)122-67-51(105)49(103)40(94)25(9-79)112-67)119-70(54(61)108)124-58-28(12-82)115-63(35(46(58)100)73-19(3)87)109-15-31-42(96)60(53(107)69(118-31)120-55(23(91)7-77)38(92)22(90)6-76)125-66-37(75-21(5)89)48(102)59(30(14-84)117-66)123-68-52(106)50(104)41(95)26(10-80)113-68/h22-70,76-84,90-108H,6-16H2,1-5H3,(H,71,85)(H,72,86)(H,73,87)(H,74,88)(H,75,89)/t22-,23+,24+,25+,26+,27+,28+,29+,30+,31+,32+,33+,34+,35+,36+,37+,38+,39-,40-,41-,42-,43-,44+,45+,46+,47+,48+,49-,50-,51+,52+,53+,54+,55+,56+,57+,58+,59+,60-,61-,62+,63+,64-,65-,66-,67-,68-,69-,70-/m0/s1. The van der Waals surface area contributed by atoms with Gasteiger partial charge >= 0.3 is 0 Å². The second kappa shape index (κ2) is 46.9. The molecular formula is C70H119N5O51. The Bertz CT molecular complexity index is 3380. The summed E-state index contributed by atoms with van der Waals surface area (Å²) in [6.45, 7) is -7.70. The van der Waals surface area contributed by atoms with Gasteiger partial charge in [-0.3, -0.25) is 24.0 Å². The molecule has 5 amide bonds. The van der Waals surface area contributed by atoms with Crippen molar-refractivity contribution in [2.45, 2.75) is 335 Å². The number of nitrogens with one attached hydrogen (secondary N) is 5. The number of hydrogen-bond donors (Lipinski definition) is 33. The molecule has 0 aromatic rings. The van der Waals surface area contributed by atoms with E-state index in [-0.39, 0.29) is 0 Å². The molecule has 0 aromatic heterocycles. The van der Waals surface area contributed by atoms with Gasteiger partial charge in [0.25, 0.3) is 0 Å². The van der Waals surface area contributed by atoms with Crippen molar-refractivity contribution in [3.8, 4) is 0 Å². The quantitative estimate of drug-likeness (QED) is 0.0275. The summed E-state index contributed by atoms with van der Waals surface area (Å²) in [5.74, 6) is -4.71. The lowest BCUT2D eigenvalue weighted by Crippen LogP contribution is -2.71. The normalized spacial score (nSPS) is 45.8. The van der Waals surface area contributed by atoms with Gasteiger partial charge < -0.3 is 255 Å². The van der Waals surface area contributed by atoms with Gasteiger partial charge in [-0.2, -0.15) is 0 Å². The summed E-state index contributed by atoms with van der Waals surface area (Å²) >= 11 is 0. The summed E-state index contributed by atoms with van der Waals surface area (Å²) in [6.07, 6.45) is -92.3. The predicted molar refractivity (Wildman–Crippen MR) is 390 cm³/mol. The van der Waals surface area contributed by atoms with E-state index >= 15 is 0 Å². The van der Waals surface area contributed by atoms with Crippen LogP contribution in [-0.4, -0.2) is 546 Å². The number of ether oxygens (including phenoxy) is 18. The molecule has 49 atom stereocenters. The number of hydrogen-bond acceptors (Lipinski definition) is 51. The van der Waals surface area contributed by atoms with E-state index in [9.17, 15) is 167 Å². The monoisotopic (exact) mass is 1850 g/mol. The second-order valence-electron chi connectivity index (χ2n) is 31.5. The molecule has 0 spiro atoms. The average Bonchev–Trinajstić information content (AvgIpc) is 0.792. The molecular weight excluding hydrogens is 1730 g/mol. The van der Waals surface area contributed by atoms with Crippen molar-refractivity contribution in [1.29, 1.82) is 0 Å². The molecule has 0 aromatic carbocycles. The van der Waals surface area contributed by atoms with Gasteiger partial charge in [0.15, 0.2) is 56.6 Å². The Morgan fingerprint density at radius 3 is 0.802 bits per heavy atom. The lowest BCUT2D eigenvalue weighted by atomic mass is 9.93. The smallest absolute Gasteiger partial charge is 0.217 e. The van der Waals surface area contributed by atoms with Gasteiger partial charge in [0.2, 0.25) is 29.5 Å². The summed E-state index contributed by atoms with van der Waals surface area (Å²) < 4.78 is 107. The van der Waals surface area contributed by atoms with Crippen LogP contribution in [0, 0.1) is 0 Å². The van der Waals surface area contributed by atoms with Gasteiger partial charge in [0, 0.05) is 34.6 Å². The van der Waals surface area contributed by atoms with Crippen LogP contribution in [0.5, 0.6) is 0 Å². The first-order valence-electron chi connectivity index (χ1n) is 40.0. The van der Waals surface area contributed by atoms with E-state index in [0.29, 0.717) is 0 Å². The van der Waals surface area contributed by atoms with Crippen LogP contribution >= 0.6 is 0 Å². The number of carbonyl (C=O) groups is 5. The zero-order valence-corrected chi connectivity index (χ0v) is 68.0. The molecule has 0 radical (unpaired) electrons. The minimum atomic E-state index is -2.54. The molecule has 9 saturated heterocycles. The van der Waals surface area contributed by atoms with E-state index in [1.807, 2.05) is 0 Å². The van der Waals surface area contributed by atoms with Crippen molar-refractivity contribution >= 4 is 29.5 Å². The van der Waals surface area contributed by atoms with Crippen LogP contribution in [0.2, 0.25) is 0 Å². The van der Waals surface area contributed by atoms with E-state index in [4.69, 9.17) is 85.3 Å².